The van der Waals surface area contributed by atoms with Gasteiger partial charge in [-0.2, -0.15) is 0 Å². The van der Waals surface area contributed by atoms with Gasteiger partial charge in [0.2, 0.25) is 0 Å². The van der Waals surface area contributed by atoms with Gasteiger partial charge in [-0.05, 0) is 17.2 Å². The number of aliphatic hydroxyl groups is 1. The predicted molar refractivity (Wildman–Crippen MR) is 76.9 cm³/mol. The molecule has 0 saturated heterocycles. The van der Waals surface area contributed by atoms with Crippen molar-refractivity contribution in [3.63, 3.8) is 0 Å². The van der Waals surface area contributed by atoms with Crippen molar-refractivity contribution in [3.8, 4) is 0 Å². The summed E-state index contributed by atoms with van der Waals surface area (Å²) in [5, 5.41) is 9.84. The van der Waals surface area contributed by atoms with E-state index >= 15 is 0 Å². The van der Waals surface area contributed by atoms with Gasteiger partial charge in [0.05, 0.1) is 11.6 Å². The van der Waals surface area contributed by atoms with E-state index in [4.69, 9.17) is 11.6 Å². The summed E-state index contributed by atoms with van der Waals surface area (Å²) in [5.41, 5.74) is 2.25. The first kappa shape index (κ1) is 14.0. The van der Waals surface area contributed by atoms with E-state index in [1.807, 2.05) is 24.3 Å². The maximum atomic E-state index is 9.18. The molecule has 19 heavy (non-hydrogen) atoms. The first-order valence-electron chi connectivity index (χ1n) is 6.25. The van der Waals surface area contributed by atoms with Gasteiger partial charge in [-0.25, -0.2) is 0 Å². The van der Waals surface area contributed by atoms with Gasteiger partial charge in [0.1, 0.15) is 0 Å². The molecule has 1 heterocycles. The highest BCUT2D eigenvalue weighted by atomic mass is 35.5. The maximum Gasteiger partial charge on any atom is 0.0634 e. The number of hydrogen-bond donors (Lipinski definition) is 1. The van der Waals surface area contributed by atoms with Crippen LogP contribution in [0.15, 0.2) is 48.8 Å². The Morgan fingerprint density at radius 2 is 1.89 bits per heavy atom. The second-order valence-corrected chi connectivity index (χ2v) is 4.79. The number of halogens is 1. The average Bonchev–Trinajstić information content (AvgIpc) is 2.43. The van der Waals surface area contributed by atoms with Crippen LogP contribution < -0.4 is 0 Å². The van der Waals surface area contributed by atoms with E-state index in [-0.39, 0.29) is 6.61 Å². The zero-order valence-electron chi connectivity index (χ0n) is 10.7. The molecule has 0 saturated carbocycles. The van der Waals surface area contributed by atoms with Crippen LogP contribution in [-0.2, 0) is 13.1 Å². The zero-order chi connectivity index (χ0) is 13.5. The van der Waals surface area contributed by atoms with E-state index in [0.29, 0.717) is 18.1 Å². The second-order valence-electron chi connectivity index (χ2n) is 4.39. The summed E-state index contributed by atoms with van der Waals surface area (Å²) < 4.78 is 0. The van der Waals surface area contributed by atoms with Crippen LogP contribution in [0.1, 0.15) is 11.1 Å². The Morgan fingerprint density at radius 3 is 2.58 bits per heavy atom. The molecule has 0 unspecified atom stereocenters. The maximum absolute atomic E-state index is 9.18. The Hall–Kier alpha value is -1.42. The summed E-state index contributed by atoms with van der Waals surface area (Å²) in [6, 6.07) is 12.1. The number of aromatic nitrogens is 1. The highest BCUT2D eigenvalue weighted by Crippen LogP contribution is 2.17. The largest absolute Gasteiger partial charge is 0.395 e. The molecule has 1 aromatic carbocycles. The summed E-state index contributed by atoms with van der Waals surface area (Å²) in [6.45, 7) is 2.25. The van der Waals surface area contributed by atoms with Crippen LogP contribution in [0.2, 0.25) is 5.02 Å². The molecule has 0 spiro atoms. The van der Waals surface area contributed by atoms with E-state index < -0.39 is 0 Å². The summed E-state index contributed by atoms with van der Waals surface area (Å²) in [6.07, 6.45) is 3.39. The smallest absolute Gasteiger partial charge is 0.0634 e. The fourth-order valence-electron chi connectivity index (χ4n) is 1.97. The molecule has 3 nitrogen and oxygen atoms in total. The molecular formula is C15H17ClN2O. The third-order valence-corrected chi connectivity index (χ3v) is 3.26. The summed E-state index contributed by atoms with van der Waals surface area (Å²) in [4.78, 5) is 6.15. The summed E-state index contributed by atoms with van der Waals surface area (Å²) in [5.74, 6) is 0. The molecular weight excluding hydrogens is 260 g/mol. The molecule has 0 bridgehead atoms. The summed E-state index contributed by atoms with van der Waals surface area (Å²) >= 11 is 6.12. The molecule has 0 amide bonds. The van der Waals surface area contributed by atoms with Crippen molar-refractivity contribution in [2.75, 3.05) is 13.2 Å². The molecule has 1 N–H and O–H groups in total. The van der Waals surface area contributed by atoms with Crippen LogP contribution in [0.5, 0.6) is 0 Å². The van der Waals surface area contributed by atoms with Gasteiger partial charge >= 0.3 is 0 Å². The predicted octanol–water partition coefficient (Wildman–Crippen LogP) is 2.73. The van der Waals surface area contributed by atoms with Gasteiger partial charge in [0, 0.05) is 32.0 Å². The van der Waals surface area contributed by atoms with Crippen molar-refractivity contribution in [2.24, 2.45) is 0 Å². The molecule has 0 fully saturated rings. The molecule has 4 heteroatoms. The molecule has 100 valence electrons. The van der Waals surface area contributed by atoms with Crippen molar-refractivity contribution in [3.05, 3.63) is 64.9 Å². The van der Waals surface area contributed by atoms with Crippen LogP contribution in [0, 0.1) is 0 Å². The van der Waals surface area contributed by atoms with Gasteiger partial charge in [-0.15, -0.1) is 0 Å². The number of rotatable bonds is 6. The van der Waals surface area contributed by atoms with Crippen LogP contribution >= 0.6 is 11.6 Å². The van der Waals surface area contributed by atoms with Crippen LogP contribution in [0.4, 0.5) is 0 Å². The lowest BCUT2D eigenvalue weighted by Crippen LogP contribution is -2.26. The van der Waals surface area contributed by atoms with E-state index in [2.05, 4.69) is 22.0 Å². The molecule has 0 radical (unpaired) electrons. The minimum Gasteiger partial charge on any atom is -0.395 e. The minimum absolute atomic E-state index is 0.134. The molecule has 0 atom stereocenters. The molecule has 0 aliphatic carbocycles. The monoisotopic (exact) mass is 276 g/mol. The Bertz CT molecular complexity index is 505. The average molecular weight is 277 g/mol. The van der Waals surface area contributed by atoms with Gasteiger partial charge < -0.3 is 5.11 Å². The second kappa shape index (κ2) is 7.24. The first-order valence-corrected chi connectivity index (χ1v) is 6.63. The zero-order valence-corrected chi connectivity index (χ0v) is 11.4. The Kier molecular flexibility index (Phi) is 5.33. The third kappa shape index (κ3) is 4.31. The highest BCUT2D eigenvalue weighted by Gasteiger charge is 2.08. The van der Waals surface area contributed by atoms with E-state index in [1.54, 1.807) is 12.4 Å². The molecule has 2 aromatic rings. The first-order chi connectivity index (χ1) is 9.29. The van der Waals surface area contributed by atoms with Crippen LogP contribution in [0.25, 0.3) is 0 Å². The topological polar surface area (TPSA) is 36.4 Å². The Balaban J connectivity index is 2.06. The standard InChI is InChI=1S/C15H17ClN2O/c16-15-10-17-7-6-14(15)12-18(8-9-19)11-13-4-2-1-3-5-13/h1-7,10,19H,8-9,11-12H2. The lowest BCUT2D eigenvalue weighted by molar-refractivity contribution is 0.184. The third-order valence-electron chi connectivity index (χ3n) is 2.92. The van der Waals surface area contributed by atoms with E-state index in [0.717, 1.165) is 12.1 Å². The number of benzene rings is 1. The van der Waals surface area contributed by atoms with Gasteiger partial charge in [-0.3, -0.25) is 9.88 Å². The minimum atomic E-state index is 0.134. The number of pyridine rings is 1. The van der Waals surface area contributed by atoms with E-state index in [9.17, 15) is 5.11 Å². The molecule has 0 aliphatic rings. The number of aliphatic hydroxyl groups excluding tert-OH is 1. The fraction of sp³-hybridized carbons (Fsp3) is 0.267. The lowest BCUT2D eigenvalue weighted by Gasteiger charge is -2.22. The SMILES string of the molecule is OCCN(Cc1ccccc1)Cc1ccncc1Cl. The van der Waals surface area contributed by atoms with Crippen molar-refractivity contribution in [2.45, 2.75) is 13.1 Å². The Morgan fingerprint density at radius 1 is 1.11 bits per heavy atom. The van der Waals surface area contributed by atoms with Crippen molar-refractivity contribution in [1.29, 1.82) is 0 Å². The molecule has 1 aromatic heterocycles. The molecule has 2 rings (SSSR count). The van der Waals surface area contributed by atoms with Crippen LogP contribution in [-0.4, -0.2) is 28.1 Å². The lowest BCUT2D eigenvalue weighted by atomic mass is 10.2. The Labute approximate surface area is 118 Å². The molecule has 0 aliphatic heterocycles. The van der Waals surface area contributed by atoms with Gasteiger partial charge in [-0.1, -0.05) is 41.9 Å². The quantitative estimate of drug-likeness (QED) is 0.881. The normalized spacial score (nSPS) is 10.9. The fourth-order valence-corrected chi connectivity index (χ4v) is 2.15. The number of hydrogen-bond acceptors (Lipinski definition) is 3. The van der Waals surface area contributed by atoms with Crippen molar-refractivity contribution < 1.29 is 5.11 Å². The highest BCUT2D eigenvalue weighted by molar-refractivity contribution is 6.31. The summed E-state index contributed by atoms with van der Waals surface area (Å²) in [7, 11) is 0. The van der Waals surface area contributed by atoms with Crippen molar-refractivity contribution >= 4 is 11.6 Å². The van der Waals surface area contributed by atoms with Crippen molar-refractivity contribution in [1.82, 2.24) is 9.88 Å². The van der Waals surface area contributed by atoms with E-state index in [1.165, 1.54) is 5.56 Å². The van der Waals surface area contributed by atoms with Crippen LogP contribution in [0.3, 0.4) is 0 Å². The van der Waals surface area contributed by atoms with Gasteiger partial charge in [0.25, 0.3) is 0 Å². The van der Waals surface area contributed by atoms with Gasteiger partial charge in [0.15, 0.2) is 0 Å². The number of nitrogens with zero attached hydrogens (tertiary/aromatic N) is 2.